The highest BCUT2D eigenvalue weighted by Gasteiger charge is 2.26. The van der Waals surface area contributed by atoms with Gasteiger partial charge in [0.2, 0.25) is 5.95 Å². The van der Waals surface area contributed by atoms with Crippen LogP contribution in [0.5, 0.6) is 0 Å². The number of hydrogen-bond donors (Lipinski definition) is 1. The van der Waals surface area contributed by atoms with Crippen molar-refractivity contribution in [1.82, 2.24) is 14.9 Å². The fraction of sp³-hybridized carbons (Fsp3) is 0.182. The highest BCUT2D eigenvalue weighted by atomic mass is 32.1. The Balaban J connectivity index is 1.85. The van der Waals surface area contributed by atoms with Gasteiger partial charge in [-0.05, 0) is 11.4 Å². The average molecular weight is 246 g/mol. The first-order valence-electron chi connectivity index (χ1n) is 5.17. The molecule has 5 nitrogen and oxygen atoms in total. The van der Waals surface area contributed by atoms with Crippen molar-refractivity contribution in [3.8, 4) is 0 Å². The van der Waals surface area contributed by atoms with Crippen LogP contribution in [0.1, 0.15) is 20.9 Å². The summed E-state index contributed by atoms with van der Waals surface area (Å²) in [6.07, 6.45) is 1.69. The number of rotatable bonds is 1. The highest BCUT2D eigenvalue weighted by molar-refractivity contribution is 7.12. The molecular formula is C11H10N4OS. The molecule has 1 aliphatic rings. The molecule has 3 heterocycles. The van der Waals surface area contributed by atoms with Gasteiger partial charge in [0.1, 0.15) is 0 Å². The fourth-order valence-electron chi connectivity index (χ4n) is 1.87. The minimum Gasteiger partial charge on any atom is -0.368 e. The summed E-state index contributed by atoms with van der Waals surface area (Å²) < 4.78 is 0. The quantitative estimate of drug-likeness (QED) is 0.822. The maximum absolute atomic E-state index is 12.1. The third kappa shape index (κ3) is 1.76. The van der Waals surface area contributed by atoms with Crippen molar-refractivity contribution in [2.24, 2.45) is 0 Å². The molecule has 0 atom stereocenters. The summed E-state index contributed by atoms with van der Waals surface area (Å²) in [6.45, 7) is 1.07. The summed E-state index contributed by atoms with van der Waals surface area (Å²) in [7, 11) is 0. The molecule has 2 aromatic rings. The Kier molecular flexibility index (Phi) is 2.29. The number of amides is 1. The van der Waals surface area contributed by atoms with Gasteiger partial charge in [0, 0.05) is 18.3 Å². The molecule has 6 heteroatoms. The Labute approximate surface area is 102 Å². The lowest BCUT2D eigenvalue weighted by Gasteiger charge is -2.13. The van der Waals surface area contributed by atoms with E-state index in [0.717, 1.165) is 16.1 Å². The molecule has 0 radical (unpaired) electrons. The second-order valence-corrected chi connectivity index (χ2v) is 4.79. The van der Waals surface area contributed by atoms with Gasteiger partial charge >= 0.3 is 0 Å². The van der Waals surface area contributed by atoms with E-state index in [1.165, 1.54) is 11.3 Å². The Morgan fingerprint density at radius 3 is 3.12 bits per heavy atom. The lowest BCUT2D eigenvalue weighted by atomic mass is 10.3. The molecule has 0 spiro atoms. The monoisotopic (exact) mass is 246 g/mol. The minimum absolute atomic E-state index is 0.0385. The Morgan fingerprint density at radius 1 is 1.47 bits per heavy atom. The van der Waals surface area contributed by atoms with Crippen LogP contribution in [0.15, 0.2) is 23.7 Å². The van der Waals surface area contributed by atoms with Gasteiger partial charge in [-0.15, -0.1) is 11.3 Å². The van der Waals surface area contributed by atoms with Gasteiger partial charge in [-0.1, -0.05) is 6.07 Å². The third-order valence-electron chi connectivity index (χ3n) is 2.69. The Morgan fingerprint density at radius 2 is 2.35 bits per heavy atom. The van der Waals surface area contributed by atoms with Gasteiger partial charge in [-0.25, -0.2) is 9.97 Å². The van der Waals surface area contributed by atoms with E-state index in [1.54, 1.807) is 11.1 Å². The molecule has 1 aliphatic heterocycles. The van der Waals surface area contributed by atoms with Crippen LogP contribution in [-0.2, 0) is 13.1 Å². The first-order chi connectivity index (χ1) is 8.24. The number of carbonyl (C=O) groups excluding carboxylic acids is 1. The lowest BCUT2D eigenvalue weighted by Crippen LogP contribution is -2.24. The molecule has 1 amide bonds. The Bertz CT molecular complexity index is 567. The minimum atomic E-state index is 0.0385. The van der Waals surface area contributed by atoms with Crippen LogP contribution in [0, 0.1) is 0 Å². The Hall–Kier alpha value is -1.95. The van der Waals surface area contributed by atoms with Crippen LogP contribution in [0.2, 0.25) is 0 Å². The fourth-order valence-corrected chi connectivity index (χ4v) is 2.56. The van der Waals surface area contributed by atoms with Crippen molar-refractivity contribution in [2.75, 3.05) is 5.73 Å². The molecule has 0 saturated heterocycles. The summed E-state index contributed by atoms with van der Waals surface area (Å²) in [5.74, 6) is 0.297. The molecule has 2 N–H and O–H groups in total. The van der Waals surface area contributed by atoms with Crippen LogP contribution < -0.4 is 5.73 Å². The van der Waals surface area contributed by atoms with Crippen LogP contribution in [0.4, 0.5) is 5.95 Å². The molecule has 0 aromatic carbocycles. The highest BCUT2D eigenvalue weighted by Crippen LogP contribution is 2.23. The van der Waals surface area contributed by atoms with Crippen molar-refractivity contribution in [3.05, 3.63) is 39.8 Å². The summed E-state index contributed by atoms with van der Waals surface area (Å²) in [5, 5.41) is 1.90. The number of thiophene rings is 1. The topological polar surface area (TPSA) is 72.1 Å². The zero-order valence-corrected chi connectivity index (χ0v) is 9.78. The van der Waals surface area contributed by atoms with Gasteiger partial charge in [-0.3, -0.25) is 4.79 Å². The van der Waals surface area contributed by atoms with E-state index in [-0.39, 0.29) is 11.9 Å². The van der Waals surface area contributed by atoms with Crippen molar-refractivity contribution in [2.45, 2.75) is 13.1 Å². The molecule has 0 fully saturated rings. The first kappa shape index (κ1) is 10.2. The largest absolute Gasteiger partial charge is 0.368 e. The lowest BCUT2D eigenvalue weighted by molar-refractivity contribution is 0.0755. The number of nitrogen functional groups attached to an aromatic ring is 1. The van der Waals surface area contributed by atoms with Crippen LogP contribution >= 0.6 is 11.3 Å². The van der Waals surface area contributed by atoms with Gasteiger partial charge < -0.3 is 10.6 Å². The summed E-state index contributed by atoms with van der Waals surface area (Å²) in [4.78, 5) is 22.7. The van der Waals surface area contributed by atoms with E-state index in [4.69, 9.17) is 5.73 Å². The van der Waals surface area contributed by atoms with E-state index in [9.17, 15) is 4.79 Å². The summed E-state index contributed by atoms with van der Waals surface area (Å²) >= 11 is 1.45. The number of carbonyl (C=O) groups is 1. The van der Waals surface area contributed by atoms with Crippen molar-refractivity contribution < 1.29 is 4.79 Å². The zero-order chi connectivity index (χ0) is 11.8. The standard InChI is InChI=1S/C11H10N4OS/c12-11-13-4-7-5-15(6-8(7)14-11)10(16)9-2-1-3-17-9/h1-4H,5-6H2,(H2,12,13,14). The van der Waals surface area contributed by atoms with Gasteiger partial charge in [-0.2, -0.15) is 0 Å². The van der Waals surface area contributed by atoms with Crippen LogP contribution in [-0.4, -0.2) is 20.8 Å². The zero-order valence-electron chi connectivity index (χ0n) is 8.96. The number of anilines is 1. The molecule has 2 aromatic heterocycles. The van der Waals surface area contributed by atoms with Crippen molar-refractivity contribution >= 4 is 23.2 Å². The van der Waals surface area contributed by atoms with E-state index >= 15 is 0 Å². The van der Waals surface area contributed by atoms with E-state index in [2.05, 4.69) is 9.97 Å². The van der Waals surface area contributed by atoms with Gasteiger partial charge in [0.15, 0.2) is 0 Å². The van der Waals surface area contributed by atoms with E-state index in [0.29, 0.717) is 13.1 Å². The molecule has 0 unspecified atom stereocenters. The van der Waals surface area contributed by atoms with Crippen molar-refractivity contribution in [3.63, 3.8) is 0 Å². The molecule has 17 heavy (non-hydrogen) atoms. The van der Waals surface area contributed by atoms with Crippen molar-refractivity contribution in [1.29, 1.82) is 0 Å². The smallest absolute Gasteiger partial charge is 0.264 e. The molecule has 86 valence electrons. The van der Waals surface area contributed by atoms with Gasteiger partial charge in [0.25, 0.3) is 5.91 Å². The normalized spacial score (nSPS) is 13.8. The number of hydrogen-bond acceptors (Lipinski definition) is 5. The van der Waals surface area contributed by atoms with E-state index < -0.39 is 0 Å². The SMILES string of the molecule is Nc1ncc2c(n1)CN(C(=O)c1cccs1)C2. The number of fused-ring (bicyclic) bond motifs is 1. The summed E-state index contributed by atoms with van der Waals surface area (Å²) in [5.41, 5.74) is 7.35. The molecule has 0 bridgehead atoms. The predicted octanol–water partition coefficient (Wildman–Crippen LogP) is 1.28. The number of nitrogens with two attached hydrogens (primary N) is 1. The third-order valence-corrected chi connectivity index (χ3v) is 3.55. The second kappa shape index (κ2) is 3.81. The number of aromatic nitrogens is 2. The summed E-state index contributed by atoms with van der Waals surface area (Å²) in [6, 6.07) is 3.70. The number of nitrogens with zero attached hydrogens (tertiary/aromatic N) is 3. The van der Waals surface area contributed by atoms with Crippen LogP contribution in [0.25, 0.3) is 0 Å². The molecule has 0 aliphatic carbocycles. The van der Waals surface area contributed by atoms with E-state index in [1.807, 2.05) is 17.5 Å². The average Bonchev–Trinajstić information content (AvgIpc) is 2.96. The second-order valence-electron chi connectivity index (χ2n) is 3.84. The maximum atomic E-state index is 12.1. The maximum Gasteiger partial charge on any atom is 0.264 e. The van der Waals surface area contributed by atoms with Gasteiger partial charge in [0.05, 0.1) is 17.1 Å². The van der Waals surface area contributed by atoms with Crippen LogP contribution in [0.3, 0.4) is 0 Å². The molecule has 0 saturated carbocycles. The molecular weight excluding hydrogens is 236 g/mol. The molecule has 3 rings (SSSR count). The predicted molar refractivity (Wildman–Crippen MR) is 64.3 cm³/mol. The first-order valence-corrected chi connectivity index (χ1v) is 6.05.